The Morgan fingerprint density at radius 1 is 1.17 bits per heavy atom. The van der Waals surface area contributed by atoms with Gasteiger partial charge in [-0.15, -0.1) is 0 Å². The van der Waals surface area contributed by atoms with E-state index < -0.39 is 11.9 Å². The van der Waals surface area contributed by atoms with Crippen LogP contribution < -0.4 is 4.74 Å². The molecule has 0 aliphatic carbocycles. The summed E-state index contributed by atoms with van der Waals surface area (Å²) in [5.74, 6) is -0.582. The van der Waals surface area contributed by atoms with Crippen LogP contribution in [0.1, 0.15) is 26.6 Å². The van der Waals surface area contributed by atoms with Gasteiger partial charge in [0.1, 0.15) is 5.75 Å². The van der Waals surface area contributed by atoms with E-state index in [4.69, 9.17) is 13.9 Å². The molecule has 0 N–H and O–H groups in total. The van der Waals surface area contributed by atoms with Gasteiger partial charge in [0.05, 0.1) is 18.9 Å². The Morgan fingerprint density at radius 2 is 1.96 bits per heavy atom. The lowest BCUT2D eigenvalue weighted by molar-refractivity contribution is 0.0601. The summed E-state index contributed by atoms with van der Waals surface area (Å²) in [6.07, 6.45) is 1.40. The SMILES string of the molecule is COC(=O)c1c(C)n(C)c2ccc(OC(=O)c3ccco3)cc12. The van der Waals surface area contributed by atoms with Gasteiger partial charge >= 0.3 is 11.9 Å². The fourth-order valence-electron chi connectivity index (χ4n) is 2.53. The molecule has 2 heterocycles. The summed E-state index contributed by atoms with van der Waals surface area (Å²) >= 11 is 0. The Hall–Kier alpha value is -3.02. The van der Waals surface area contributed by atoms with Gasteiger partial charge in [-0.2, -0.15) is 0 Å². The zero-order chi connectivity index (χ0) is 16.6. The average molecular weight is 313 g/mol. The first kappa shape index (κ1) is 14.9. The van der Waals surface area contributed by atoms with Crippen LogP contribution in [0.25, 0.3) is 10.9 Å². The minimum Gasteiger partial charge on any atom is -0.465 e. The Kier molecular flexibility index (Phi) is 3.65. The number of aromatic nitrogens is 1. The standard InChI is InChI=1S/C17H15NO5/c1-10-15(17(20)21-3)12-9-11(6-7-13(12)18(10)2)23-16(19)14-5-4-8-22-14/h4-9H,1-3H3. The number of furan rings is 1. The highest BCUT2D eigenvalue weighted by atomic mass is 16.5. The van der Waals surface area contributed by atoms with Crippen LogP contribution >= 0.6 is 0 Å². The lowest BCUT2D eigenvalue weighted by atomic mass is 10.1. The molecule has 0 unspecified atom stereocenters. The second kappa shape index (κ2) is 5.64. The Balaban J connectivity index is 2.04. The first-order valence-corrected chi connectivity index (χ1v) is 6.96. The van der Waals surface area contributed by atoms with Crippen LogP contribution in [0, 0.1) is 6.92 Å². The number of esters is 2. The van der Waals surface area contributed by atoms with E-state index in [1.54, 1.807) is 24.3 Å². The van der Waals surface area contributed by atoms with Gasteiger partial charge in [-0.3, -0.25) is 0 Å². The summed E-state index contributed by atoms with van der Waals surface area (Å²) in [5.41, 5.74) is 2.09. The number of hydrogen-bond acceptors (Lipinski definition) is 5. The van der Waals surface area contributed by atoms with Crippen LogP contribution in [0.4, 0.5) is 0 Å². The summed E-state index contributed by atoms with van der Waals surface area (Å²) in [6.45, 7) is 1.83. The third-order valence-electron chi connectivity index (χ3n) is 3.79. The predicted molar refractivity (Wildman–Crippen MR) is 82.7 cm³/mol. The highest BCUT2D eigenvalue weighted by Gasteiger charge is 2.20. The number of aryl methyl sites for hydroxylation is 1. The van der Waals surface area contributed by atoms with E-state index in [0.717, 1.165) is 11.2 Å². The number of ether oxygens (including phenoxy) is 2. The van der Waals surface area contributed by atoms with Gasteiger partial charge in [0.15, 0.2) is 0 Å². The van der Waals surface area contributed by atoms with Crippen molar-refractivity contribution in [2.24, 2.45) is 7.05 Å². The van der Waals surface area contributed by atoms with Crippen molar-refractivity contribution in [3.8, 4) is 5.75 Å². The highest BCUT2D eigenvalue weighted by Crippen LogP contribution is 2.29. The van der Waals surface area contributed by atoms with Crippen LogP contribution in [0.5, 0.6) is 5.75 Å². The molecule has 0 atom stereocenters. The molecule has 1 aromatic carbocycles. The molecule has 0 aliphatic heterocycles. The van der Waals surface area contributed by atoms with Crippen molar-refractivity contribution in [1.29, 1.82) is 0 Å². The molecule has 3 rings (SSSR count). The van der Waals surface area contributed by atoms with Crippen LogP contribution in [-0.4, -0.2) is 23.6 Å². The molecule has 0 saturated heterocycles. The number of hydrogen-bond donors (Lipinski definition) is 0. The van der Waals surface area contributed by atoms with E-state index in [9.17, 15) is 9.59 Å². The second-order valence-corrected chi connectivity index (χ2v) is 5.06. The average Bonchev–Trinajstić information content (AvgIpc) is 3.15. The molecule has 0 amide bonds. The molecule has 0 fully saturated rings. The Morgan fingerprint density at radius 3 is 2.61 bits per heavy atom. The molecule has 23 heavy (non-hydrogen) atoms. The lowest BCUT2D eigenvalue weighted by Crippen LogP contribution is -2.07. The zero-order valence-electron chi connectivity index (χ0n) is 13.0. The van der Waals surface area contributed by atoms with Gasteiger partial charge in [-0.1, -0.05) is 0 Å². The lowest BCUT2D eigenvalue weighted by Gasteiger charge is -2.04. The summed E-state index contributed by atoms with van der Waals surface area (Å²) in [7, 11) is 3.19. The van der Waals surface area contributed by atoms with E-state index in [1.165, 1.54) is 19.4 Å². The minimum absolute atomic E-state index is 0.113. The van der Waals surface area contributed by atoms with E-state index in [0.29, 0.717) is 16.7 Å². The van der Waals surface area contributed by atoms with Crippen LogP contribution in [0.15, 0.2) is 41.0 Å². The van der Waals surface area contributed by atoms with Crippen LogP contribution in [0.2, 0.25) is 0 Å². The molecule has 0 bridgehead atoms. The number of carbonyl (C=O) groups excluding carboxylic acids is 2. The first-order valence-electron chi connectivity index (χ1n) is 6.96. The van der Waals surface area contributed by atoms with E-state index in [1.807, 2.05) is 18.5 Å². The maximum absolute atomic E-state index is 12.0. The van der Waals surface area contributed by atoms with Crippen molar-refractivity contribution < 1.29 is 23.5 Å². The maximum Gasteiger partial charge on any atom is 0.379 e. The normalized spacial score (nSPS) is 10.7. The topological polar surface area (TPSA) is 70.7 Å². The van der Waals surface area contributed by atoms with E-state index in [2.05, 4.69) is 0 Å². The summed E-state index contributed by atoms with van der Waals surface area (Å²) in [6, 6.07) is 8.24. The molecule has 118 valence electrons. The zero-order valence-corrected chi connectivity index (χ0v) is 13.0. The van der Waals surface area contributed by atoms with E-state index >= 15 is 0 Å². The maximum atomic E-state index is 12.0. The quantitative estimate of drug-likeness (QED) is 0.549. The first-order chi connectivity index (χ1) is 11.0. The summed E-state index contributed by atoms with van der Waals surface area (Å²) in [5, 5.41) is 0.668. The number of carbonyl (C=O) groups is 2. The van der Waals surface area contributed by atoms with Crippen molar-refractivity contribution in [2.75, 3.05) is 7.11 Å². The molecule has 0 radical (unpaired) electrons. The number of methoxy groups -OCH3 is 1. The number of rotatable bonds is 3. The number of benzene rings is 1. The van der Waals surface area contributed by atoms with Gasteiger partial charge in [0, 0.05) is 23.6 Å². The van der Waals surface area contributed by atoms with Crippen molar-refractivity contribution in [3.05, 3.63) is 53.6 Å². The molecular formula is C17H15NO5. The van der Waals surface area contributed by atoms with Gasteiger partial charge < -0.3 is 18.5 Å². The molecular weight excluding hydrogens is 298 g/mol. The third-order valence-corrected chi connectivity index (χ3v) is 3.79. The van der Waals surface area contributed by atoms with E-state index in [-0.39, 0.29) is 5.76 Å². The summed E-state index contributed by atoms with van der Waals surface area (Å²) in [4.78, 5) is 24.0. The largest absolute Gasteiger partial charge is 0.465 e. The van der Waals surface area contributed by atoms with Crippen molar-refractivity contribution in [1.82, 2.24) is 4.57 Å². The molecule has 6 heteroatoms. The number of fused-ring (bicyclic) bond motifs is 1. The summed E-state index contributed by atoms with van der Waals surface area (Å²) < 4.78 is 17.0. The van der Waals surface area contributed by atoms with Gasteiger partial charge in [-0.05, 0) is 37.3 Å². The van der Waals surface area contributed by atoms with Crippen molar-refractivity contribution >= 4 is 22.8 Å². The van der Waals surface area contributed by atoms with Gasteiger partial charge in [-0.25, -0.2) is 9.59 Å². The second-order valence-electron chi connectivity index (χ2n) is 5.06. The Bertz CT molecular complexity index is 889. The Labute approximate surface area is 132 Å². The fraction of sp³-hybridized carbons (Fsp3) is 0.176. The predicted octanol–water partition coefficient (Wildman–Crippen LogP) is 3.09. The minimum atomic E-state index is -0.596. The van der Waals surface area contributed by atoms with Crippen molar-refractivity contribution in [3.63, 3.8) is 0 Å². The van der Waals surface area contributed by atoms with Gasteiger partial charge in [0.2, 0.25) is 5.76 Å². The van der Waals surface area contributed by atoms with Crippen LogP contribution in [0.3, 0.4) is 0 Å². The molecule has 6 nitrogen and oxygen atoms in total. The fourth-order valence-corrected chi connectivity index (χ4v) is 2.53. The van der Waals surface area contributed by atoms with Crippen molar-refractivity contribution in [2.45, 2.75) is 6.92 Å². The molecule has 0 saturated carbocycles. The van der Waals surface area contributed by atoms with Crippen LogP contribution in [-0.2, 0) is 11.8 Å². The van der Waals surface area contributed by atoms with Gasteiger partial charge in [0.25, 0.3) is 0 Å². The smallest absolute Gasteiger partial charge is 0.379 e. The molecule has 0 spiro atoms. The highest BCUT2D eigenvalue weighted by molar-refractivity contribution is 6.06. The molecule has 2 aromatic heterocycles. The molecule has 3 aromatic rings. The molecule has 0 aliphatic rings. The third kappa shape index (κ3) is 2.48. The monoisotopic (exact) mass is 313 g/mol. The number of nitrogens with zero attached hydrogens (tertiary/aromatic N) is 1.